The summed E-state index contributed by atoms with van der Waals surface area (Å²) in [5.41, 5.74) is 7.67. The molecule has 9 heteroatoms. The van der Waals surface area contributed by atoms with E-state index in [1.807, 2.05) is 42.8 Å². The molecule has 0 bridgehead atoms. The summed E-state index contributed by atoms with van der Waals surface area (Å²) in [7, 11) is 1.90. The average Bonchev–Trinajstić information content (AvgIpc) is 3.18. The van der Waals surface area contributed by atoms with Crippen LogP contribution >= 0.6 is 0 Å². The minimum Gasteiger partial charge on any atom is -0.379 e. The molecule has 0 spiro atoms. The van der Waals surface area contributed by atoms with Crippen LogP contribution in [0.1, 0.15) is 16.1 Å². The first kappa shape index (κ1) is 22.0. The van der Waals surface area contributed by atoms with Crippen molar-refractivity contribution in [2.45, 2.75) is 6.92 Å². The summed E-state index contributed by atoms with van der Waals surface area (Å²) in [4.78, 5) is 29.9. The summed E-state index contributed by atoms with van der Waals surface area (Å²) in [6.45, 7) is 1.97. The molecule has 0 atom stereocenters. The number of rotatable bonds is 6. The van der Waals surface area contributed by atoms with Gasteiger partial charge >= 0.3 is 5.91 Å². The Hall–Kier alpha value is -4.79. The van der Waals surface area contributed by atoms with Gasteiger partial charge in [-0.1, -0.05) is 12.1 Å². The molecule has 0 aliphatic rings. The van der Waals surface area contributed by atoms with E-state index >= 15 is 0 Å². The van der Waals surface area contributed by atoms with Gasteiger partial charge in [0.1, 0.15) is 5.69 Å². The zero-order valence-corrected chi connectivity index (χ0v) is 19.0. The Balaban J connectivity index is 1.36. The van der Waals surface area contributed by atoms with E-state index in [2.05, 4.69) is 25.7 Å². The van der Waals surface area contributed by atoms with Crippen molar-refractivity contribution in [2.24, 2.45) is 7.05 Å². The van der Waals surface area contributed by atoms with Gasteiger partial charge < -0.3 is 14.7 Å². The molecule has 2 aromatic carbocycles. The van der Waals surface area contributed by atoms with Gasteiger partial charge in [-0.3, -0.25) is 9.78 Å². The first-order valence-corrected chi connectivity index (χ1v) is 10.8. The summed E-state index contributed by atoms with van der Waals surface area (Å²) in [5, 5.41) is 3.33. The molecule has 0 fully saturated rings. The molecule has 0 aliphatic carbocycles. The second-order valence-corrected chi connectivity index (χ2v) is 7.92. The number of hydrogen-bond acceptors (Lipinski definition) is 6. The van der Waals surface area contributed by atoms with Crippen molar-refractivity contribution in [3.63, 3.8) is 0 Å². The highest BCUT2D eigenvalue weighted by molar-refractivity contribution is 5.91. The van der Waals surface area contributed by atoms with Gasteiger partial charge in [-0.2, -0.15) is 9.87 Å². The van der Waals surface area contributed by atoms with Crippen LogP contribution in [-0.2, 0) is 7.05 Å². The fourth-order valence-electron chi connectivity index (χ4n) is 3.72. The van der Waals surface area contributed by atoms with Crippen molar-refractivity contribution < 1.29 is 14.0 Å². The van der Waals surface area contributed by atoms with Crippen LogP contribution in [0.25, 0.3) is 22.2 Å². The Morgan fingerprint density at radius 2 is 1.89 bits per heavy atom. The number of carbonyl (C=O) groups is 1. The molecule has 0 aliphatic heterocycles. The smallest absolute Gasteiger partial charge is 0.302 e. The number of pyridine rings is 2. The van der Waals surface area contributed by atoms with Gasteiger partial charge in [0.15, 0.2) is 5.75 Å². The Kier molecular flexibility index (Phi) is 5.80. The molecule has 0 radical (unpaired) electrons. The van der Waals surface area contributed by atoms with E-state index < -0.39 is 11.9 Å². The van der Waals surface area contributed by atoms with Gasteiger partial charge in [-0.05, 0) is 66.1 Å². The van der Waals surface area contributed by atoms with E-state index in [0.29, 0.717) is 17.2 Å². The molecule has 5 aromatic rings. The van der Waals surface area contributed by atoms with Crippen LogP contribution in [-0.4, -0.2) is 25.4 Å². The van der Waals surface area contributed by atoms with Crippen LogP contribution in [0, 0.1) is 12.9 Å². The van der Waals surface area contributed by atoms with Crippen LogP contribution in [0.4, 0.5) is 16.0 Å². The van der Waals surface area contributed by atoms with Crippen molar-refractivity contribution in [3.05, 3.63) is 96.3 Å². The fraction of sp³-hybridized carbons (Fsp3) is 0.0769. The lowest BCUT2D eigenvalue weighted by atomic mass is 10.0. The number of amides is 1. The highest BCUT2D eigenvalue weighted by atomic mass is 19.1. The van der Waals surface area contributed by atoms with Crippen molar-refractivity contribution in [2.75, 3.05) is 5.32 Å². The van der Waals surface area contributed by atoms with Gasteiger partial charge in [0.2, 0.25) is 11.9 Å². The van der Waals surface area contributed by atoms with Crippen LogP contribution < -0.4 is 15.6 Å². The number of imidazole rings is 1. The number of anilines is 2. The number of nitrogens with zero attached hydrogens (tertiary/aromatic N) is 4. The van der Waals surface area contributed by atoms with E-state index in [9.17, 15) is 9.18 Å². The number of aromatic nitrogens is 4. The van der Waals surface area contributed by atoms with Crippen LogP contribution in [0.5, 0.6) is 5.75 Å². The topological polar surface area (TPSA) is 94.0 Å². The predicted octanol–water partition coefficient (Wildman–Crippen LogP) is 4.95. The maximum Gasteiger partial charge on any atom is 0.302 e. The third-order valence-electron chi connectivity index (χ3n) is 5.54. The molecule has 2 N–H and O–H groups in total. The third-order valence-corrected chi connectivity index (χ3v) is 5.54. The molecule has 0 unspecified atom stereocenters. The number of fused-ring (bicyclic) bond motifs is 1. The monoisotopic (exact) mass is 468 g/mol. The van der Waals surface area contributed by atoms with E-state index in [0.717, 1.165) is 27.9 Å². The van der Waals surface area contributed by atoms with Gasteiger partial charge in [0.25, 0.3) is 0 Å². The minimum absolute atomic E-state index is 0.255. The average molecular weight is 468 g/mol. The summed E-state index contributed by atoms with van der Waals surface area (Å²) < 4.78 is 15.6. The third kappa shape index (κ3) is 4.65. The Morgan fingerprint density at radius 1 is 1.00 bits per heavy atom. The van der Waals surface area contributed by atoms with Gasteiger partial charge in [-0.15, -0.1) is 0 Å². The maximum absolute atomic E-state index is 13.6. The first-order chi connectivity index (χ1) is 17.0. The summed E-state index contributed by atoms with van der Waals surface area (Å²) >= 11 is 0. The fourth-order valence-corrected chi connectivity index (χ4v) is 3.72. The Labute approximate surface area is 200 Å². The van der Waals surface area contributed by atoms with Crippen molar-refractivity contribution in [3.8, 4) is 16.9 Å². The zero-order chi connectivity index (χ0) is 24.4. The molecular weight excluding hydrogens is 447 g/mol. The first-order valence-electron chi connectivity index (χ1n) is 10.8. The Bertz CT molecular complexity index is 1530. The van der Waals surface area contributed by atoms with Gasteiger partial charge in [0, 0.05) is 37.3 Å². The van der Waals surface area contributed by atoms with E-state index in [1.54, 1.807) is 36.4 Å². The van der Waals surface area contributed by atoms with E-state index in [4.69, 9.17) is 4.84 Å². The van der Waals surface area contributed by atoms with Crippen LogP contribution in [0.15, 0.2) is 79.1 Å². The van der Waals surface area contributed by atoms with E-state index in [-0.39, 0.29) is 5.69 Å². The molecule has 1 amide bonds. The molecule has 174 valence electrons. The van der Waals surface area contributed by atoms with Crippen LogP contribution in [0.3, 0.4) is 0 Å². The largest absolute Gasteiger partial charge is 0.379 e. The molecular formula is C26H21FN6O2. The number of aryl methyl sites for hydroxylation is 2. The molecule has 3 heterocycles. The quantitative estimate of drug-likeness (QED) is 0.271. The molecule has 35 heavy (non-hydrogen) atoms. The SMILES string of the molecule is Cc1ccc(Nc2nc3cc(ONC(=O)c4ccccn4)ccc3n2C)cc1-c1ccnc(F)c1. The van der Waals surface area contributed by atoms with E-state index in [1.165, 1.54) is 18.5 Å². The second-order valence-electron chi connectivity index (χ2n) is 7.92. The molecule has 5 rings (SSSR count). The van der Waals surface area contributed by atoms with Gasteiger partial charge in [-0.25, -0.2) is 9.97 Å². The highest BCUT2D eigenvalue weighted by Crippen LogP contribution is 2.29. The van der Waals surface area contributed by atoms with Gasteiger partial charge in [0.05, 0.1) is 11.0 Å². The summed E-state index contributed by atoms with van der Waals surface area (Å²) in [6, 6.07) is 19.4. The molecule has 3 aromatic heterocycles. The highest BCUT2D eigenvalue weighted by Gasteiger charge is 2.12. The normalized spacial score (nSPS) is 10.8. The number of nitrogens with one attached hydrogen (secondary N) is 2. The standard InChI is InChI=1S/C26H21FN6O2/c1-16-6-7-18(14-20(16)17-10-12-29-24(27)13-17)30-26-31-22-15-19(8-9-23(22)33(26)2)35-32-25(34)21-5-3-4-11-28-21/h3-15H,1-2H3,(H,30,31)(H,32,34). The number of halogens is 1. The van der Waals surface area contributed by atoms with Crippen molar-refractivity contribution in [1.82, 2.24) is 25.0 Å². The maximum atomic E-state index is 13.6. The number of benzene rings is 2. The minimum atomic E-state index is -0.523. The zero-order valence-electron chi connectivity index (χ0n) is 19.0. The molecule has 8 nitrogen and oxygen atoms in total. The Morgan fingerprint density at radius 3 is 2.69 bits per heavy atom. The number of carbonyl (C=O) groups excluding carboxylic acids is 1. The lowest BCUT2D eigenvalue weighted by molar-refractivity contribution is 0.0754. The number of hydroxylamine groups is 1. The summed E-state index contributed by atoms with van der Waals surface area (Å²) in [5.74, 6) is 0.0809. The lowest BCUT2D eigenvalue weighted by Crippen LogP contribution is -2.27. The molecule has 0 saturated heterocycles. The predicted molar refractivity (Wildman–Crippen MR) is 131 cm³/mol. The van der Waals surface area contributed by atoms with Crippen LogP contribution in [0.2, 0.25) is 0 Å². The van der Waals surface area contributed by atoms with Crippen molar-refractivity contribution in [1.29, 1.82) is 0 Å². The van der Waals surface area contributed by atoms with Crippen molar-refractivity contribution >= 4 is 28.6 Å². The summed E-state index contributed by atoms with van der Waals surface area (Å²) in [6.07, 6.45) is 2.99. The lowest BCUT2D eigenvalue weighted by Gasteiger charge is -2.11. The second kappa shape index (κ2) is 9.22. The molecule has 0 saturated carbocycles. The number of hydrogen-bond donors (Lipinski definition) is 2.